The van der Waals surface area contributed by atoms with Gasteiger partial charge in [-0.1, -0.05) is 24.3 Å². The maximum absolute atomic E-state index is 12.9. The average molecular weight is 442 g/mol. The third-order valence-corrected chi connectivity index (χ3v) is 5.09. The number of carbonyl (C=O) groups excluding carboxylic acids is 2. The summed E-state index contributed by atoms with van der Waals surface area (Å²) in [5.41, 5.74) is 0.867. The number of carboxylic acid groups (broad SMARTS) is 1. The zero-order valence-corrected chi connectivity index (χ0v) is 17.6. The van der Waals surface area contributed by atoms with E-state index in [1.165, 1.54) is 17.8 Å². The number of ether oxygens (including phenoxy) is 2. The minimum atomic E-state index is -1.14. The standard InChI is InChI=1S/C22H22N2O6S/c1-31-10-9-16(22(27)28)23-21(26)17(24-20(25)15-5-3-2-4-6-15)11-14-7-8-18-19(12-14)30-13-29-18/h2-8,11-12,16H,9-10,13H2,1H3,(H,23,26)(H,24,25)(H,27,28)/b17-11+/t16-/m0/s1. The summed E-state index contributed by atoms with van der Waals surface area (Å²) in [5, 5.41) is 14.5. The first-order valence-corrected chi connectivity index (χ1v) is 10.9. The van der Waals surface area contributed by atoms with Crippen LogP contribution in [0.5, 0.6) is 11.5 Å². The zero-order valence-electron chi connectivity index (χ0n) is 16.8. The van der Waals surface area contributed by atoms with Gasteiger partial charge in [0.25, 0.3) is 11.8 Å². The minimum Gasteiger partial charge on any atom is -0.480 e. The van der Waals surface area contributed by atoms with Crippen molar-refractivity contribution in [2.45, 2.75) is 12.5 Å². The van der Waals surface area contributed by atoms with E-state index in [0.29, 0.717) is 28.4 Å². The Balaban J connectivity index is 1.86. The lowest BCUT2D eigenvalue weighted by atomic mass is 10.1. The van der Waals surface area contributed by atoms with Gasteiger partial charge in [0.05, 0.1) is 0 Å². The molecule has 9 heteroatoms. The van der Waals surface area contributed by atoms with Crippen molar-refractivity contribution in [3.8, 4) is 11.5 Å². The number of carboxylic acids is 1. The van der Waals surface area contributed by atoms with Crippen molar-refractivity contribution in [3.05, 3.63) is 65.4 Å². The predicted molar refractivity (Wildman–Crippen MR) is 117 cm³/mol. The largest absolute Gasteiger partial charge is 0.480 e. The van der Waals surface area contributed by atoms with Crippen LogP contribution in [0.4, 0.5) is 0 Å². The number of aliphatic carboxylic acids is 1. The molecule has 0 saturated carbocycles. The highest BCUT2D eigenvalue weighted by Gasteiger charge is 2.23. The van der Waals surface area contributed by atoms with E-state index in [1.807, 2.05) is 6.26 Å². The van der Waals surface area contributed by atoms with Gasteiger partial charge in [0.15, 0.2) is 11.5 Å². The summed E-state index contributed by atoms with van der Waals surface area (Å²) in [5.74, 6) is -0.659. The molecule has 162 valence electrons. The van der Waals surface area contributed by atoms with Crippen molar-refractivity contribution in [2.75, 3.05) is 18.8 Å². The van der Waals surface area contributed by atoms with E-state index in [2.05, 4.69) is 10.6 Å². The summed E-state index contributed by atoms with van der Waals surface area (Å²) in [6.45, 7) is 0.107. The van der Waals surface area contributed by atoms with Crippen LogP contribution in [-0.4, -0.2) is 47.7 Å². The van der Waals surface area contributed by atoms with Crippen LogP contribution < -0.4 is 20.1 Å². The molecule has 2 aromatic carbocycles. The van der Waals surface area contributed by atoms with E-state index >= 15 is 0 Å². The fourth-order valence-electron chi connectivity index (χ4n) is 2.84. The van der Waals surface area contributed by atoms with Gasteiger partial charge >= 0.3 is 5.97 Å². The Morgan fingerprint density at radius 1 is 1.13 bits per heavy atom. The van der Waals surface area contributed by atoms with E-state index < -0.39 is 23.8 Å². The number of hydrogen-bond acceptors (Lipinski definition) is 6. The van der Waals surface area contributed by atoms with E-state index in [4.69, 9.17) is 9.47 Å². The Hall–Kier alpha value is -3.46. The smallest absolute Gasteiger partial charge is 0.326 e. The number of thioether (sulfide) groups is 1. The molecular weight excluding hydrogens is 420 g/mol. The first-order valence-electron chi connectivity index (χ1n) is 9.48. The van der Waals surface area contributed by atoms with Gasteiger partial charge in [-0.15, -0.1) is 0 Å². The SMILES string of the molecule is CSCC[C@H](NC(=O)/C(=C\c1ccc2c(c1)OCO2)NC(=O)c1ccccc1)C(=O)O. The van der Waals surface area contributed by atoms with Gasteiger partial charge in [-0.2, -0.15) is 11.8 Å². The number of amides is 2. The van der Waals surface area contributed by atoms with Crippen LogP contribution in [0.2, 0.25) is 0 Å². The fraction of sp³-hybridized carbons (Fsp3) is 0.227. The van der Waals surface area contributed by atoms with Gasteiger partial charge in [0, 0.05) is 5.56 Å². The number of benzene rings is 2. The van der Waals surface area contributed by atoms with Crippen molar-refractivity contribution < 1.29 is 29.0 Å². The summed E-state index contributed by atoms with van der Waals surface area (Å²) >= 11 is 1.48. The van der Waals surface area contributed by atoms with Crippen molar-refractivity contribution in [1.29, 1.82) is 0 Å². The molecule has 2 aromatic rings. The molecule has 8 nitrogen and oxygen atoms in total. The molecular formula is C22H22N2O6S. The second-order valence-electron chi connectivity index (χ2n) is 6.64. The normalized spacial score (nSPS) is 13.4. The molecule has 0 aliphatic carbocycles. The quantitative estimate of drug-likeness (QED) is 0.511. The Labute approximate surface area is 183 Å². The molecule has 0 fully saturated rings. The molecule has 0 bridgehead atoms. The van der Waals surface area contributed by atoms with Crippen LogP contribution in [0.15, 0.2) is 54.2 Å². The van der Waals surface area contributed by atoms with Gasteiger partial charge in [-0.3, -0.25) is 9.59 Å². The number of hydrogen-bond donors (Lipinski definition) is 3. The monoisotopic (exact) mass is 442 g/mol. The van der Waals surface area contributed by atoms with Crippen LogP contribution in [0.25, 0.3) is 6.08 Å². The molecule has 0 saturated heterocycles. The molecule has 0 aromatic heterocycles. The first-order chi connectivity index (χ1) is 15.0. The molecule has 1 aliphatic rings. The lowest BCUT2D eigenvalue weighted by molar-refractivity contribution is -0.141. The third kappa shape index (κ3) is 6.02. The predicted octanol–water partition coefficient (Wildman–Crippen LogP) is 2.51. The van der Waals surface area contributed by atoms with Gasteiger partial charge in [0.1, 0.15) is 11.7 Å². The van der Waals surface area contributed by atoms with Crippen molar-refractivity contribution in [3.63, 3.8) is 0 Å². The number of nitrogens with one attached hydrogen (secondary N) is 2. The van der Waals surface area contributed by atoms with Crippen LogP contribution in [0.1, 0.15) is 22.3 Å². The van der Waals surface area contributed by atoms with E-state index in [1.54, 1.807) is 48.5 Å². The average Bonchev–Trinajstić information content (AvgIpc) is 3.24. The first kappa shape index (κ1) is 22.2. The van der Waals surface area contributed by atoms with Crippen LogP contribution in [-0.2, 0) is 9.59 Å². The highest BCUT2D eigenvalue weighted by molar-refractivity contribution is 7.98. The summed E-state index contributed by atoms with van der Waals surface area (Å²) in [7, 11) is 0. The molecule has 3 rings (SSSR count). The molecule has 31 heavy (non-hydrogen) atoms. The van der Waals surface area contributed by atoms with Crippen LogP contribution in [0, 0.1) is 0 Å². The van der Waals surface area contributed by atoms with Gasteiger partial charge < -0.3 is 25.2 Å². The van der Waals surface area contributed by atoms with Gasteiger partial charge in [-0.25, -0.2) is 4.79 Å². The number of fused-ring (bicyclic) bond motifs is 1. The Kier molecular flexibility index (Phi) is 7.55. The topological polar surface area (TPSA) is 114 Å². The third-order valence-electron chi connectivity index (χ3n) is 4.45. The fourth-order valence-corrected chi connectivity index (χ4v) is 3.31. The molecule has 3 N–H and O–H groups in total. The highest BCUT2D eigenvalue weighted by Crippen LogP contribution is 2.33. The zero-order chi connectivity index (χ0) is 22.2. The Morgan fingerprint density at radius 3 is 2.58 bits per heavy atom. The number of carbonyl (C=O) groups is 3. The lowest BCUT2D eigenvalue weighted by Crippen LogP contribution is -2.44. The number of rotatable bonds is 9. The Bertz CT molecular complexity index is 993. The van der Waals surface area contributed by atoms with Crippen molar-refractivity contribution in [2.24, 2.45) is 0 Å². The van der Waals surface area contributed by atoms with E-state index in [0.717, 1.165) is 0 Å². The molecule has 1 atom stereocenters. The van der Waals surface area contributed by atoms with Crippen LogP contribution >= 0.6 is 11.8 Å². The highest BCUT2D eigenvalue weighted by atomic mass is 32.2. The summed E-state index contributed by atoms with van der Waals surface area (Å²) in [6, 6.07) is 12.4. The summed E-state index contributed by atoms with van der Waals surface area (Å²) < 4.78 is 10.6. The van der Waals surface area contributed by atoms with Crippen molar-refractivity contribution >= 4 is 35.6 Å². The Morgan fingerprint density at radius 2 is 1.87 bits per heavy atom. The second kappa shape index (κ2) is 10.5. The van der Waals surface area contributed by atoms with E-state index in [9.17, 15) is 19.5 Å². The molecule has 2 amide bonds. The molecule has 0 radical (unpaired) electrons. The van der Waals surface area contributed by atoms with Crippen molar-refractivity contribution in [1.82, 2.24) is 10.6 Å². The second-order valence-corrected chi connectivity index (χ2v) is 7.62. The summed E-state index contributed by atoms with van der Waals surface area (Å²) in [4.78, 5) is 37.1. The molecule has 0 unspecified atom stereocenters. The van der Waals surface area contributed by atoms with Gasteiger partial charge in [0.2, 0.25) is 6.79 Å². The maximum Gasteiger partial charge on any atom is 0.326 e. The lowest BCUT2D eigenvalue weighted by Gasteiger charge is -2.16. The maximum atomic E-state index is 12.9. The molecule has 0 spiro atoms. The van der Waals surface area contributed by atoms with Gasteiger partial charge in [-0.05, 0) is 54.3 Å². The van der Waals surface area contributed by atoms with E-state index in [-0.39, 0.29) is 18.9 Å². The molecule has 1 aliphatic heterocycles. The minimum absolute atomic E-state index is 0.0804. The van der Waals surface area contributed by atoms with Crippen LogP contribution in [0.3, 0.4) is 0 Å². The molecule has 1 heterocycles. The summed E-state index contributed by atoms with van der Waals surface area (Å²) in [6.07, 6.45) is 3.57.